The summed E-state index contributed by atoms with van der Waals surface area (Å²) in [5.41, 5.74) is 0.937. The van der Waals surface area contributed by atoms with Gasteiger partial charge in [0.2, 0.25) is 0 Å². The van der Waals surface area contributed by atoms with Gasteiger partial charge in [-0.2, -0.15) is 0 Å². The van der Waals surface area contributed by atoms with Crippen LogP contribution in [0.3, 0.4) is 0 Å². The van der Waals surface area contributed by atoms with Crippen molar-refractivity contribution in [3.05, 3.63) is 135 Å². The second kappa shape index (κ2) is 10.0. The first-order valence-corrected chi connectivity index (χ1v) is 14.1. The first-order valence-electron chi connectivity index (χ1n) is 14.1. The van der Waals surface area contributed by atoms with Gasteiger partial charge in [0.25, 0.3) is 5.69 Å². The minimum atomic E-state index is -1.73. The van der Waals surface area contributed by atoms with Crippen LogP contribution in [-0.4, -0.2) is 48.6 Å². The average molecular weight is 587 g/mol. The molecule has 0 bridgehead atoms. The topological polar surface area (TPSA) is 116 Å². The summed E-state index contributed by atoms with van der Waals surface area (Å²) < 4.78 is 11.4. The number of Topliss-reactive ketones (excluding diaryl/α,β-unsaturated/α-hetero) is 3. The summed E-state index contributed by atoms with van der Waals surface area (Å²) in [7, 11) is 3.01. The van der Waals surface area contributed by atoms with Crippen LogP contribution >= 0.6 is 0 Å². The van der Waals surface area contributed by atoms with Crippen LogP contribution in [0.5, 0.6) is 11.5 Å². The highest BCUT2D eigenvalue weighted by atomic mass is 16.6. The van der Waals surface area contributed by atoms with E-state index >= 15 is 0 Å². The molecule has 44 heavy (non-hydrogen) atoms. The standard InChI is InChI=1S/C35H26N2O7/c1-43-23-16-17-28(44-2)26(19-23)30-31(32(38)21-11-14-22(15-12-21)37(41)42)36-27-10-6-3-7-20(27)13-18-29(36)35(30)33(39)24-8-4-5-9-25(24)34(35)40/h3-19,29-31H,1-2H3. The zero-order valence-electron chi connectivity index (χ0n) is 23.8. The number of hydrogen-bond acceptors (Lipinski definition) is 8. The molecule has 4 aromatic rings. The van der Waals surface area contributed by atoms with Crippen LogP contribution < -0.4 is 14.4 Å². The van der Waals surface area contributed by atoms with Crippen molar-refractivity contribution >= 4 is 34.8 Å². The van der Waals surface area contributed by atoms with Crippen LogP contribution in [-0.2, 0) is 0 Å². The minimum absolute atomic E-state index is 0.156. The normalized spacial score (nSPS) is 20.7. The van der Waals surface area contributed by atoms with Crippen LogP contribution in [0, 0.1) is 15.5 Å². The van der Waals surface area contributed by atoms with Crippen molar-refractivity contribution in [1.29, 1.82) is 0 Å². The Morgan fingerprint density at radius 2 is 1.52 bits per heavy atom. The number of para-hydroxylation sites is 1. The third-order valence-corrected chi connectivity index (χ3v) is 9.12. The molecule has 0 amide bonds. The second-order valence-electron chi connectivity index (χ2n) is 11.0. The third kappa shape index (κ3) is 3.62. The fourth-order valence-corrected chi connectivity index (χ4v) is 7.26. The lowest BCUT2D eigenvalue weighted by Gasteiger charge is -2.37. The molecule has 3 atom stereocenters. The van der Waals surface area contributed by atoms with Gasteiger partial charge < -0.3 is 14.4 Å². The number of nitro groups is 1. The molecule has 0 N–H and O–H groups in total. The molecule has 0 aromatic heterocycles. The Morgan fingerprint density at radius 1 is 0.864 bits per heavy atom. The van der Waals surface area contributed by atoms with Gasteiger partial charge >= 0.3 is 0 Å². The Hall–Kier alpha value is -5.57. The molecule has 1 saturated heterocycles. The average Bonchev–Trinajstić information content (AvgIpc) is 3.50. The number of anilines is 1. The molecule has 1 aliphatic carbocycles. The maximum absolute atomic E-state index is 14.8. The van der Waals surface area contributed by atoms with Crippen LogP contribution in [0.1, 0.15) is 48.1 Å². The summed E-state index contributed by atoms with van der Waals surface area (Å²) in [5, 5.41) is 11.4. The number of rotatable bonds is 6. The zero-order chi connectivity index (χ0) is 30.7. The Morgan fingerprint density at radius 3 is 2.16 bits per heavy atom. The maximum Gasteiger partial charge on any atom is 0.269 e. The summed E-state index contributed by atoms with van der Waals surface area (Å²) in [6.45, 7) is 0. The molecule has 4 aromatic carbocycles. The van der Waals surface area contributed by atoms with Gasteiger partial charge in [0.05, 0.1) is 25.2 Å². The van der Waals surface area contributed by atoms with Crippen molar-refractivity contribution in [2.24, 2.45) is 5.41 Å². The van der Waals surface area contributed by atoms with Crippen molar-refractivity contribution in [3.63, 3.8) is 0 Å². The predicted molar refractivity (Wildman–Crippen MR) is 163 cm³/mol. The van der Waals surface area contributed by atoms with Gasteiger partial charge in [-0.25, -0.2) is 0 Å². The number of nitrogens with zero attached hydrogens (tertiary/aromatic N) is 2. The Kier molecular flexibility index (Phi) is 6.21. The van der Waals surface area contributed by atoms with E-state index < -0.39 is 34.1 Å². The van der Waals surface area contributed by atoms with E-state index in [1.54, 1.807) is 42.5 Å². The lowest BCUT2D eigenvalue weighted by molar-refractivity contribution is -0.384. The van der Waals surface area contributed by atoms with E-state index in [1.807, 2.05) is 41.3 Å². The van der Waals surface area contributed by atoms with Gasteiger partial charge in [0.15, 0.2) is 17.3 Å². The number of ether oxygens (including phenoxy) is 2. The Bertz CT molecular complexity index is 1880. The predicted octanol–water partition coefficient (Wildman–Crippen LogP) is 5.93. The van der Waals surface area contributed by atoms with E-state index in [-0.39, 0.29) is 22.8 Å². The van der Waals surface area contributed by atoms with Crippen molar-refractivity contribution in [2.75, 3.05) is 19.1 Å². The fraction of sp³-hybridized carbons (Fsp3) is 0.171. The van der Waals surface area contributed by atoms with E-state index in [0.717, 1.165) is 5.56 Å². The molecule has 3 unspecified atom stereocenters. The molecule has 2 aliphatic heterocycles. The number of non-ortho nitro benzene ring substituents is 1. The molecular weight excluding hydrogens is 560 g/mol. The molecule has 218 valence electrons. The van der Waals surface area contributed by atoms with Gasteiger partial charge in [-0.15, -0.1) is 0 Å². The van der Waals surface area contributed by atoms with Crippen molar-refractivity contribution in [3.8, 4) is 11.5 Å². The second-order valence-corrected chi connectivity index (χ2v) is 11.0. The highest BCUT2D eigenvalue weighted by Gasteiger charge is 2.72. The highest BCUT2D eigenvalue weighted by molar-refractivity contribution is 6.32. The molecule has 3 aliphatic rings. The molecule has 9 heteroatoms. The van der Waals surface area contributed by atoms with Gasteiger partial charge in [0, 0.05) is 46.0 Å². The molecule has 1 spiro atoms. The highest BCUT2D eigenvalue weighted by Crippen LogP contribution is 2.62. The van der Waals surface area contributed by atoms with Crippen molar-refractivity contribution in [2.45, 2.75) is 18.0 Å². The van der Waals surface area contributed by atoms with Gasteiger partial charge in [-0.1, -0.05) is 54.6 Å². The van der Waals surface area contributed by atoms with E-state index in [9.17, 15) is 24.5 Å². The number of benzene rings is 4. The zero-order valence-corrected chi connectivity index (χ0v) is 23.8. The lowest BCUT2D eigenvalue weighted by Crippen LogP contribution is -2.48. The smallest absolute Gasteiger partial charge is 0.269 e. The first kappa shape index (κ1) is 27.3. The molecule has 0 radical (unpaired) electrons. The van der Waals surface area contributed by atoms with E-state index in [2.05, 4.69) is 0 Å². The number of carbonyl (C=O) groups excluding carboxylic acids is 3. The lowest BCUT2D eigenvalue weighted by atomic mass is 9.64. The number of ketones is 3. The maximum atomic E-state index is 14.8. The molecule has 7 rings (SSSR count). The monoisotopic (exact) mass is 586 g/mol. The van der Waals surface area contributed by atoms with Crippen molar-refractivity contribution in [1.82, 2.24) is 0 Å². The Balaban J connectivity index is 1.56. The number of hydrogen-bond donors (Lipinski definition) is 0. The van der Waals surface area contributed by atoms with Gasteiger partial charge in [-0.3, -0.25) is 24.5 Å². The fourth-order valence-electron chi connectivity index (χ4n) is 7.26. The molecule has 0 saturated carbocycles. The first-order chi connectivity index (χ1) is 21.3. The number of fused-ring (bicyclic) bond motifs is 5. The van der Waals surface area contributed by atoms with E-state index in [0.29, 0.717) is 33.9 Å². The molecular formula is C35H26N2O7. The molecule has 9 nitrogen and oxygen atoms in total. The summed E-state index contributed by atoms with van der Waals surface area (Å²) in [4.78, 5) is 57.2. The van der Waals surface area contributed by atoms with Gasteiger partial charge in [-0.05, 0) is 42.0 Å². The molecule has 1 fully saturated rings. The summed E-state index contributed by atoms with van der Waals surface area (Å²) in [5.74, 6) is -1.29. The minimum Gasteiger partial charge on any atom is -0.497 e. The summed E-state index contributed by atoms with van der Waals surface area (Å²) in [6, 6.07) is 22.9. The Labute approximate surface area is 252 Å². The van der Waals surface area contributed by atoms with Crippen LogP contribution in [0.2, 0.25) is 0 Å². The van der Waals surface area contributed by atoms with Crippen LogP contribution in [0.25, 0.3) is 6.08 Å². The number of methoxy groups -OCH3 is 2. The summed E-state index contributed by atoms with van der Waals surface area (Å²) in [6.07, 6.45) is 3.73. The van der Waals surface area contributed by atoms with Crippen molar-refractivity contribution < 1.29 is 28.8 Å². The quantitative estimate of drug-likeness (QED) is 0.118. The SMILES string of the molecule is COc1ccc(OC)c(C2C(C(=O)c3ccc([N+](=O)[O-])cc3)N3c4ccccc4C=CC3C23C(=O)c2ccccc2C3=O)c1. The van der Waals surface area contributed by atoms with E-state index in [4.69, 9.17) is 9.47 Å². The number of carbonyl (C=O) groups is 3. The van der Waals surface area contributed by atoms with Gasteiger partial charge in [0.1, 0.15) is 23.0 Å². The summed E-state index contributed by atoms with van der Waals surface area (Å²) >= 11 is 0. The molecule has 2 heterocycles. The van der Waals surface area contributed by atoms with Crippen LogP contribution in [0.15, 0.2) is 97.1 Å². The largest absolute Gasteiger partial charge is 0.497 e. The van der Waals surface area contributed by atoms with Crippen LogP contribution in [0.4, 0.5) is 11.4 Å². The van der Waals surface area contributed by atoms with E-state index in [1.165, 1.54) is 38.5 Å². The number of nitro benzene ring substituents is 1. The third-order valence-electron chi connectivity index (χ3n) is 9.12.